The third-order valence-corrected chi connectivity index (χ3v) is 4.74. The Balaban J connectivity index is 1.58. The summed E-state index contributed by atoms with van der Waals surface area (Å²) in [4.78, 5) is 17.0. The molecule has 108 valence electrons. The molecule has 0 bridgehead atoms. The quantitative estimate of drug-likeness (QED) is 0.887. The normalized spacial score (nSPS) is 23.9. The van der Waals surface area contributed by atoms with Gasteiger partial charge in [0, 0.05) is 38.8 Å². The molecule has 0 spiro atoms. The highest BCUT2D eigenvalue weighted by Gasteiger charge is 2.35. The number of nitrogens with zero attached hydrogens (tertiary/aromatic N) is 2. The van der Waals surface area contributed by atoms with E-state index in [1.54, 1.807) is 0 Å². The van der Waals surface area contributed by atoms with Crippen LogP contribution in [0.25, 0.3) is 0 Å². The molecule has 1 heterocycles. The Bertz CT molecular complexity index is 494. The van der Waals surface area contributed by atoms with Gasteiger partial charge in [-0.2, -0.15) is 0 Å². The predicted octanol–water partition coefficient (Wildman–Crippen LogP) is 0.818. The van der Waals surface area contributed by atoms with Crippen molar-refractivity contribution in [2.24, 2.45) is 5.73 Å². The number of nitrogens with two attached hydrogens (primary N) is 1. The molecule has 2 aliphatic rings. The van der Waals surface area contributed by atoms with Crippen molar-refractivity contribution >= 4 is 5.91 Å². The van der Waals surface area contributed by atoms with Crippen molar-refractivity contribution in [3.63, 3.8) is 0 Å². The number of hydrogen-bond donors (Lipinski definition) is 1. The third-order valence-electron chi connectivity index (χ3n) is 4.74. The van der Waals surface area contributed by atoms with Gasteiger partial charge in [0.05, 0.1) is 5.92 Å². The fourth-order valence-corrected chi connectivity index (χ4v) is 3.23. The summed E-state index contributed by atoms with van der Waals surface area (Å²) < 4.78 is 0. The number of piperazine rings is 1. The number of hydrogen-bond acceptors (Lipinski definition) is 3. The molecule has 1 aliphatic heterocycles. The maximum Gasteiger partial charge on any atom is 0.230 e. The summed E-state index contributed by atoms with van der Waals surface area (Å²) in [6.07, 6.45) is 0.911. The lowest BCUT2D eigenvalue weighted by Crippen LogP contribution is -2.54. The van der Waals surface area contributed by atoms with Crippen LogP contribution in [-0.4, -0.2) is 54.5 Å². The molecule has 1 aliphatic carbocycles. The maximum atomic E-state index is 12.6. The van der Waals surface area contributed by atoms with Crippen LogP contribution in [0.2, 0.25) is 0 Å². The first-order valence-corrected chi connectivity index (χ1v) is 7.51. The summed E-state index contributed by atoms with van der Waals surface area (Å²) in [5, 5.41) is 0. The van der Waals surface area contributed by atoms with Crippen molar-refractivity contribution in [3.8, 4) is 0 Å². The minimum absolute atomic E-state index is 0.102. The first-order valence-electron chi connectivity index (χ1n) is 7.51. The van der Waals surface area contributed by atoms with Crippen LogP contribution in [0.3, 0.4) is 0 Å². The number of benzene rings is 1. The topological polar surface area (TPSA) is 49.6 Å². The monoisotopic (exact) mass is 273 g/mol. The van der Waals surface area contributed by atoms with E-state index in [2.05, 4.69) is 24.0 Å². The Labute approximate surface area is 120 Å². The average molecular weight is 273 g/mol. The summed E-state index contributed by atoms with van der Waals surface area (Å²) in [5.74, 6) is 0.411. The minimum Gasteiger partial charge on any atom is -0.340 e. The van der Waals surface area contributed by atoms with Crippen molar-refractivity contribution in [1.82, 2.24) is 9.80 Å². The molecular formula is C16H23N3O. The fraction of sp³-hybridized carbons (Fsp3) is 0.562. The van der Waals surface area contributed by atoms with E-state index in [1.807, 2.05) is 17.0 Å². The van der Waals surface area contributed by atoms with Gasteiger partial charge in [-0.25, -0.2) is 0 Å². The largest absolute Gasteiger partial charge is 0.340 e. The minimum atomic E-state index is 0.102. The van der Waals surface area contributed by atoms with E-state index in [4.69, 9.17) is 5.73 Å². The Morgan fingerprint density at radius 2 is 2.00 bits per heavy atom. The van der Waals surface area contributed by atoms with Gasteiger partial charge in [-0.3, -0.25) is 9.69 Å². The van der Waals surface area contributed by atoms with E-state index < -0.39 is 0 Å². The zero-order valence-electron chi connectivity index (χ0n) is 12.1. The summed E-state index contributed by atoms with van der Waals surface area (Å²) in [6.45, 7) is 6.39. The van der Waals surface area contributed by atoms with Crippen LogP contribution in [0, 0.1) is 0 Å². The van der Waals surface area contributed by atoms with Crippen LogP contribution in [0.15, 0.2) is 24.3 Å². The molecule has 2 unspecified atom stereocenters. The van der Waals surface area contributed by atoms with E-state index in [0.717, 1.165) is 32.6 Å². The average Bonchev–Trinajstić information content (AvgIpc) is 2.47. The zero-order valence-corrected chi connectivity index (χ0v) is 12.1. The number of fused-ring (bicyclic) bond motifs is 1. The highest BCUT2D eigenvalue weighted by Crippen LogP contribution is 2.36. The van der Waals surface area contributed by atoms with Crippen LogP contribution in [0.5, 0.6) is 0 Å². The van der Waals surface area contributed by atoms with E-state index >= 15 is 0 Å². The molecule has 2 N–H and O–H groups in total. The molecule has 1 aromatic carbocycles. The third kappa shape index (κ3) is 2.34. The molecule has 1 saturated heterocycles. The predicted molar refractivity (Wildman–Crippen MR) is 79.6 cm³/mol. The molecule has 1 fully saturated rings. The summed E-state index contributed by atoms with van der Waals surface area (Å²) in [7, 11) is 0. The molecule has 2 atom stereocenters. The second-order valence-electron chi connectivity index (χ2n) is 5.90. The van der Waals surface area contributed by atoms with Crippen LogP contribution in [0.4, 0.5) is 0 Å². The molecule has 4 nitrogen and oxygen atoms in total. The van der Waals surface area contributed by atoms with Crippen molar-refractivity contribution in [1.29, 1.82) is 0 Å². The number of carbonyl (C=O) groups excluding carboxylic acids is 1. The van der Waals surface area contributed by atoms with Gasteiger partial charge in [0.25, 0.3) is 0 Å². The molecule has 0 aromatic heterocycles. The first-order chi connectivity index (χ1) is 9.70. The molecule has 20 heavy (non-hydrogen) atoms. The second-order valence-corrected chi connectivity index (χ2v) is 5.90. The lowest BCUT2D eigenvalue weighted by molar-refractivity contribution is -0.135. The van der Waals surface area contributed by atoms with E-state index in [9.17, 15) is 4.79 Å². The van der Waals surface area contributed by atoms with Crippen LogP contribution >= 0.6 is 0 Å². The molecule has 4 heteroatoms. The summed E-state index contributed by atoms with van der Waals surface area (Å²) in [5.41, 5.74) is 8.27. The van der Waals surface area contributed by atoms with Crippen molar-refractivity contribution in [3.05, 3.63) is 35.4 Å². The van der Waals surface area contributed by atoms with E-state index in [1.165, 1.54) is 11.1 Å². The Hall–Kier alpha value is -1.39. The van der Waals surface area contributed by atoms with E-state index in [0.29, 0.717) is 18.5 Å². The fourth-order valence-electron chi connectivity index (χ4n) is 3.23. The zero-order chi connectivity index (χ0) is 14.1. The lowest BCUT2D eigenvalue weighted by atomic mass is 9.77. The van der Waals surface area contributed by atoms with E-state index in [-0.39, 0.29) is 5.92 Å². The second kappa shape index (κ2) is 5.54. The molecule has 1 amide bonds. The Morgan fingerprint density at radius 3 is 2.65 bits per heavy atom. The summed E-state index contributed by atoms with van der Waals surface area (Å²) >= 11 is 0. The standard InChI is InChI=1S/C16H23N3O/c1-12(11-17)18-6-8-19(9-7-18)16(20)15-10-13-4-2-3-5-14(13)15/h2-5,12,15H,6-11,17H2,1H3. The molecular weight excluding hydrogens is 250 g/mol. The van der Waals surface area contributed by atoms with Gasteiger partial charge in [0.15, 0.2) is 0 Å². The summed E-state index contributed by atoms with van der Waals surface area (Å²) in [6, 6.07) is 8.71. The molecule has 1 aromatic rings. The number of rotatable bonds is 3. The highest BCUT2D eigenvalue weighted by atomic mass is 16.2. The Kier molecular flexibility index (Phi) is 3.76. The highest BCUT2D eigenvalue weighted by molar-refractivity contribution is 5.87. The van der Waals surface area contributed by atoms with Gasteiger partial charge < -0.3 is 10.6 Å². The van der Waals surface area contributed by atoms with Gasteiger partial charge in [-0.15, -0.1) is 0 Å². The van der Waals surface area contributed by atoms with Crippen molar-refractivity contribution in [2.75, 3.05) is 32.7 Å². The van der Waals surface area contributed by atoms with Crippen LogP contribution < -0.4 is 5.73 Å². The SMILES string of the molecule is CC(CN)N1CCN(C(=O)C2Cc3ccccc32)CC1. The van der Waals surface area contributed by atoms with Gasteiger partial charge in [0.1, 0.15) is 0 Å². The van der Waals surface area contributed by atoms with Gasteiger partial charge in [-0.1, -0.05) is 24.3 Å². The number of carbonyl (C=O) groups is 1. The number of amides is 1. The molecule has 3 rings (SSSR count). The first kappa shape index (κ1) is 13.6. The van der Waals surface area contributed by atoms with Gasteiger partial charge in [0.2, 0.25) is 5.91 Å². The van der Waals surface area contributed by atoms with Crippen molar-refractivity contribution in [2.45, 2.75) is 25.3 Å². The van der Waals surface area contributed by atoms with Crippen LogP contribution in [0.1, 0.15) is 24.0 Å². The van der Waals surface area contributed by atoms with Crippen molar-refractivity contribution < 1.29 is 4.79 Å². The maximum absolute atomic E-state index is 12.6. The van der Waals surface area contributed by atoms with Gasteiger partial charge in [-0.05, 0) is 24.5 Å². The molecule has 0 radical (unpaired) electrons. The van der Waals surface area contributed by atoms with Gasteiger partial charge >= 0.3 is 0 Å². The van der Waals surface area contributed by atoms with Crippen LogP contribution in [-0.2, 0) is 11.2 Å². The smallest absolute Gasteiger partial charge is 0.230 e. The Morgan fingerprint density at radius 1 is 1.30 bits per heavy atom. The lowest BCUT2D eigenvalue weighted by Gasteiger charge is -2.40. The molecule has 0 saturated carbocycles.